The van der Waals surface area contributed by atoms with Gasteiger partial charge >= 0.3 is 23.7 Å². The summed E-state index contributed by atoms with van der Waals surface area (Å²) >= 11 is 0. The molecule has 0 aromatic rings. The summed E-state index contributed by atoms with van der Waals surface area (Å²) in [7, 11) is 0. The Bertz CT molecular complexity index is 11.6. The zero-order valence-corrected chi connectivity index (χ0v) is 3.27. The third kappa shape index (κ3) is 240. The zero-order valence-electron chi connectivity index (χ0n) is 2.09. The van der Waals surface area contributed by atoms with Gasteiger partial charge in [0, 0.05) is 0 Å². The minimum atomic E-state index is -3.67. The van der Waals surface area contributed by atoms with E-state index in [1.54, 1.807) is 0 Å². The van der Waals surface area contributed by atoms with Crippen LogP contribution >= 0.6 is 0 Å². The van der Waals surface area contributed by atoms with Gasteiger partial charge in [-0.15, -0.1) is 0 Å². The summed E-state index contributed by atoms with van der Waals surface area (Å²) in [5.74, 6) is 0. The van der Waals surface area contributed by atoms with Crippen LogP contribution in [0, 0.1) is 0 Å². The van der Waals surface area contributed by atoms with Gasteiger partial charge in [-0.3, -0.25) is 0 Å². The van der Waals surface area contributed by atoms with Crippen LogP contribution in [0.15, 0.2) is 0 Å². The summed E-state index contributed by atoms with van der Waals surface area (Å²) in [4.78, 5) is 0. The zero-order chi connectivity index (χ0) is 3.58. The first kappa shape index (κ1) is 9.00. The molecule has 0 aliphatic heterocycles. The van der Waals surface area contributed by atoms with Crippen LogP contribution in [-0.4, -0.2) is 6.68 Å². The van der Waals surface area contributed by atoms with Crippen LogP contribution in [0.1, 0.15) is 0 Å². The van der Waals surface area contributed by atoms with Crippen LogP contribution in [0.3, 0.4) is 0 Å². The van der Waals surface area contributed by atoms with E-state index in [2.05, 4.69) is 0 Å². The molecule has 0 aliphatic rings. The summed E-state index contributed by atoms with van der Waals surface area (Å²) in [5.41, 5.74) is 0. The van der Waals surface area contributed by atoms with Crippen LogP contribution in [-0.2, 0) is 17.1 Å². The quantitative estimate of drug-likeness (QED) is 0.426. The van der Waals surface area contributed by atoms with Crippen molar-refractivity contribution in [3.05, 3.63) is 0 Å². The molecule has 0 atom stereocenters. The van der Waals surface area contributed by atoms with Gasteiger partial charge in [0.25, 0.3) is 0 Å². The summed E-state index contributed by atoms with van der Waals surface area (Å²) in [6.45, 7) is -3.67. The van der Waals surface area contributed by atoms with Gasteiger partial charge in [-0.2, -0.15) is 13.2 Å². The second-order valence-electron chi connectivity index (χ2n) is 0.247. The van der Waals surface area contributed by atoms with Crippen molar-refractivity contribution in [1.82, 2.24) is 0 Å². The van der Waals surface area contributed by atoms with Crippen LogP contribution < -0.4 is 0 Å². The SMILES string of the molecule is FC(F)F.[Mn+2]. The number of hydrogen-bond donors (Lipinski definition) is 0. The first-order valence-electron chi connectivity index (χ1n) is 0.655. The smallest absolute Gasteiger partial charge is 0.174 e. The van der Waals surface area contributed by atoms with E-state index < -0.39 is 6.68 Å². The third-order valence-electron chi connectivity index (χ3n) is 0. The van der Waals surface area contributed by atoms with Gasteiger partial charge in [0.15, 0.2) is 0 Å². The fraction of sp³-hybridized carbons (Fsp3) is 1.00. The van der Waals surface area contributed by atoms with Crippen molar-refractivity contribution >= 4 is 0 Å². The molecular formula is CHF3Mn+2. The van der Waals surface area contributed by atoms with Crippen molar-refractivity contribution in [2.75, 3.05) is 0 Å². The Labute approximate surface area is 37.8 Å². The molecule has 0 saturated carbocycles. The Morgan fingerprint density at radius 1 is 1.00 bits per heavy atom. The molecule has 4 heteroatoms. The maximum Gasteiger partial charge on any atom is 2.00 e. The Morgan fingerprint density at radius 3 is 1.00 bits per heavy atom. The number of rotatable bonds is 0. The molecule has 0 rings (SSSR count). The molecular weight excluding hydrogens is 124 g/mol. The van der Waals surface area contributed by atoms with Gasteiger partial charge < -0.3 is 0 Å². The monoisotopic (exact) mass is 125 g/mol. The first-order valence-corrected chi connectivity index (χ1v) is 0.655. The van der Waals surface area contributed by atoms with Crippen molar-refractivity contribution in [3.8, 4) is 0 Å². The number of halogens is 3. The first-order chi connectivity index (χ1) is 1.73. The molecule has 0 amide bonds. The third-order valence-corrected chi connectivity index (χ3v) is 0. The Balaban J connectivity index is 0. The van der Waals surface area contributed by atoms with E-state index in [0.717, 1.165) is 0 Å². The molecule has 1 radical (unpaired) electrons. The van der Waals surface area contributed by atoms with Crippen LogP contribution in [0.4, 0.5) is 13.2 Å². The molecule has 0 aromatic carbocycles. The average Bonchev–Trinajstić information content (AvgIpc) is 0.811. The summed E-state index contributed by atoms with van der Waals surface area (Å²) < 4.78 is 29.0. The fourth-order valence-corrected chi connectivity index (χ4v) is 0. The molecule has 0 fully saturated rings. The van der Waals surface area contributed by atoms with Crippen molar-refractivity contribution in [3.63, 3.8) is 0 Å². The molecule has 0 unspecified atom stereocenters. The van der Waals surface area contributed by atoms with E-state index in [0.29, 0.717) is 0 Å². The van der Waals surface area contributed by atoms with Crippen molar-refractivity contribution in [2.45, 2.75) is 6.68 Å². The second-order valence-corrected chi connectivity index (χ2v) is 0.247. The standard InChI is InChI=1S/CHF3.Mn/c2-1(3)4;/h1H;/q;+2. The average molecular weight is 125 g/mol. The normalized spacial score (nSPS) is 7.20. The molecule has 0 saturated heterocycles. The predicted molar refractivity (Wildman–Crippen MR) is 7.11 cm³/mol. The minimum Gasteiger partial charge on any atom is -0.174 e. The van der Waals surface area contributed by atoms with Gasteiger partial charge in [0.1, 0.15) is 0 Å². The molecule has 0 heterocycles. The topological polar surface area (TPSA) is 0 Å². The van der Waals surface area contributed by atoms with E-state index >= 15 is 0 Å². The number of alkyl halides is 3. The summed E-state index contributed by atoms with van der Waals surface area (Å²) in [6, 6.07) is 0. The molecule has 0 aromatic heterocycles. The Hall–Kier alpha value is 0.309. The maximum absolute atomic E-state index is 9.67. The summed E-state index contributed by atoms with van der Waals surface area (Å²) in [5, 5.41) is 0. The van der Waals surface area contributed by atoms with Crippen molar-refractivity contribution in [2.24, 2.45) is 0 Å². The van der Waals surface area contributed by atoms with E-state index in [1.165, 1.54) is 0 Å². The molecule has 0 N–H and O–H groups in total. The van der Waals surface area contributed by atoms with Crippen molar-refractivity contribution < 1.29 is 30.2 Å². The molecule has 0 spiro atoms. The molecule has 5 heavy (non-hydrogen) atoms. The molecule has 0 aliphatic carbocycles. The number of hydrogen-bond acceptors (Lipinski definition) is 0. The van der Waals surface area contributed by atoms with Crippen LogP contribution in [0.25, 0.3) is 0 Å². The van der Waals surface area contributed by atoms with E-state index in [9.17, 15) is 13.2 Å². The minimum absolute atomic E-state index is 0. The van der Waals surface area contributed by atoms with Gasteiger partial charge in [-0.1, -0.05) is 0 Å². The largest absolute Gasteiger partial charge is 2.00 e. The van der Waals surface area contributed by atoms with E-state index in [1.807, 2.05) is 0 Å². The maximum atomic E-state index is 9.67. The van der Waals surface area contributed by atoms with Gasteiger partial charge in [0.05, 0.1) is 0 Å². The van der Waals surface area contributed by atoms with Gasteiger partial charge in [0.2, 0.25) is 0 Å². The van der Waals surface area contributed by atoms with Crippen LogP contribution in [0.2, 0.25) is 0 Å². The molecule has 0 nitrogen and oxygen atoms in total. The van der Waals surface area contributed by atoms with Gasteiger partial charge in [-0.25, -0.2) is 0 Å². The second kappa shape index (κ2) is 4.31. The van der Waals surface area contributed by atoms with E-state index in [-0.39, 0.29) is 17.1 Å². The summed E-state index contributed by atoms with van der Waals surface area (Å²) in [6.07, 6.45) is 0. The Kier molecular flexibility index (Phi) is 7.76. The van der Waals surface area contributed by atoms with E-state index in [4.69, 9.17) is 0 Å². The van der Waals surface area contributed by atoms with Gasteiger partial charge in [-0.05, 0) is 0 Å². The van der Waals surface area contributed by atoms with Crippen molar-refractivity contribution in [1.29, 1.82) is 0 Å². The Morgan fingerprint density at radius 2 is 1.00 bits per heavy atom. The molecule has 31 valence electrons. The fourth-order valence-electron chi connectivity index (χ4n) is 0. The van der Waals surface area contributed by atoms with Crippen LogP contribution in [0.5, 0.6) is 0 Å². The molecule has 0 bridgehead atoms. The predicted octanol–water partition coefficient (Wildman–Crippen LogP) is 1.18.